The zero-order chi connectivity index (χ0) is 9.31. The van der Waals surface area contributed by atoms with Crippen molar-refractivity contribution in [1.82, 2.24) is 0 Å². The van der Waals surface area contributed by atoms with Crippen molar-refractivity contribution in [1.29, 1.82) is 0 Å². The third-order valence-electron chi connectivity index (χ3n) is 3.56. The van der Waals surface area contributed by atoms with Gasteiger partial charge in [0, 0.05) is 0 Å². The molecule has 0 saturated heterocycles. The minimum atomic E-state index is 0. The summed E-state index contributed by atoms with van der Waals surface area (Å²) in [5.41, 5.74) is 3.48. The summed E-state index contributed by atoms with van der Waals surface area (Å²) in [4.78, 5) is 0. The molecule has 16 heavy (non-hydrogen) atoms. The van der Waals surface area contributed by atoms with Gasteiger partial charge in [-0.15, -0.1) is 0 Å². The standard InChI is InChI=1S/C13H19.2ClH.Zr/c1-11-6-7-12(10-11)13(2)8-4-3-5-9-13;;;/h6-7,10H,3-5,8-9H2,1-2H3;2*1H;/q-1;;;+3/p-2. The van der Waals surface area contributed by atoms with Crippen LogP contribution in [0.2, 0.25) is 0 Å². The maximum atomic E-state index is 2.43. The van der Waals surface area contributed by atoms with E-state index < -0.39 is 0 Å². The van der Waals surface area contributed by atoms with Crippen LogP contribution in [0.1, 0.15) is 50.2 Å². The third-order valence-corrected chi connectivity index (χ3v) is 3.56. The fourth-order valence-electron chi connectivity index (χ4n) is 2.56. The fraction of sp³-hybridized carbons (Fsp3) is 0.615. The van der Waals surface area contributed by atoms with Crippen LogP contribution in [0.4, 0.5) is 0 Å². The summed E-state index contributed by atoms with van der Waals surface area (Å²) in [6, 6.07) is 6.93. The van der Waals surface area contributed by atoms with Gasteiger partial charge in [-0.3, -0.25) is 0 Å². The minimum absolute atomic E-state index is 0. The van der Waals surface area contributed by atoms with Crippen LogP contribution in [0.25, 0.3) is 0 Å². The molecule has 1 aliphatic rings. The Labute approximate surface area is 131 Å². The molecule has 1 aromatic carbocycles. The second-order valence-electron chi connectivity index (χ2n) is 4.80. The Balaban J connectivity index is 0. The van der Waals surface area contributed by atoms with E-state index in [0.29, 0.717) is 5.41 Å². The van der Waals surface area contributed by atoms with E-state index in [1.807, 2.05) is 0 Å². The molecule has 1 radical (unpaired) electrons. The monoisotopic (exact) mass is 335 g/mol. The Bertz CT molecular complexity index is 288. The molecule has 89 valence electrons. The molecule has 0 aliphatic heterocycles. The second-order valence-corrected chi connectivity index (χ2v) is 4.80. The van der Waals surface area contributed by atoms with E-state index in [1.54, 1.807) is 5.56 Å². The number of hydrogen-bond acceptors (Lipinski definition) is 0. The van der Waals surface area contributed by atoms with Crippen LogP contribution in [0.3, 0.4) is 0 Å². The van der Waals surface area contributed by atoms with Crippen molar-refractivity contribution in [2.45, 2.75) is 51.4 Å². The van der Waals surface area contributed by atoms with Crippen LogP contribution in [0.5, 0.6) is 0 Å². The van der Waals surface area contributed by atoms with Crippen molar-refractivity contribution in [3.63, 3.8) is 0 Å². The summed E-state index contributed by atoms with van der Waals surface area (Å²) in [5.74, 6) is 0. The Hall–Kier alpha value is 0.813. The predicted octanol–water partition coefficient (Wildman–Crippen LogP) is -2.06. The number of halogens is 2. The van der Waals surface area contributed by atoms with E-state index in [2.05, 4.69) is 32.0 Å². The van der Waals surface area contributed by atoms with Gasteiger partial charge in [0.2, 0.25) is 0 Å². The predicted molar refractivity (Wildman–Crippen MR) is 57.2 cm³/mol. The molecule has 1 fully saturated rings. The summed E-state index contributed by atoms with van der Waals surface area (Å²) in [6.45, 7) is 4.62. The molecule has 1 saturated carbocycles. The number of rotatable bonds is 1. The molecule has 0 unspecified atom stereocenters. The van der Waals surface area contributed by atoms with Crippen LogP contribution in [0, 0.1) is 6.92 Å². The van der Waals surface area contributed by atoms with Gasteiger partial charge in [0.25, 0.3) is 0 Å². The zero-order valence-corrected chi connectivity index (χ0v) is 14.0. The molecule has 1 aromatic rings. The van der Waals surface area contributed by atoms with Gasteiger partial charge < -0.3 is 24.8 Å². The zero-order valence-electron chi connectivity index (χ0n) is 10.0. The van der Waals surface area contributed by atoms with Gasteiger partial charge in [0.05, 0.1) is 0 Å². The maximum Gasteiger partial charge on any atom is 3.00 e. The molecule has 0 spiro atoms. The van der Waals surface area contributed by atoms with Crippen molar-refractivity contribution >= 4 is 0 Å². The Kier molecular flexibility index (Phi) is 9.59. The van der Waals surface area contributed by atoms with Gasteiger partial charge in [0.1, 0.15) is 0 Å². The molecule has 0 amide bonds. The number of aryl methyl sites for hydroxylation is 1. The molecule has 0 N–H and O–H groups in total. The van der Waals surface area contributed by atoms with E-state index in [0.717, 1.165) is 0 Å². The second kappa shape index (κ2) is 8.01. The molecule has 2 rings (SSSR count). The Morgan fingerprint density at radius 1 is 1.12 bits per heavy atom. The van der Waals surface area contributed by atoms with E-state index >= 15 is 0 Å². The van der Waals surface area contributed by atoms with E-state index in [9.17, 15) is 0 Å². The van der Waals surface area contributed by atoms with E-state index in [-0.39, 0.29) is 51.0 Å². The summed E-state index contributed by atoms with van der Waals surface area (Å²) in [5, 5.41) is 0. The first-order chi connectivity index (χ1) is 6.21. The molecule has 0 bridgehead atoms. The average Bonchev–Trinajstić information content (AvgIpc) is 2.54. The van der Waals surface area contributed by atoms with Crippen molar-refractivity contribution in [3.05, 3.63) is 29.3 Å². The summed E-state index contributed by atoms with van der Waals surface area (Å²) in [6.07, 6.45) is 7.05. The number of hydrogen-bond donors (Lipinski definition) is 0. The van der Waals surface area contributed by atoms with Crippen LogP contribution in [-0.2, 0) is 31.6 Å². The molecule has 0 heterocycles. The smallest absolute Gasteiger partial charge is 1.00 e. The molecule has 0 nitrogen and oxygen atoms in total. The van der Waals surface area contributed by atoms with E-state index in [1.165, 1.54) is 37.7 Å². The molecule has 1 aliphatic carbocycles. The Morgan fingerprint density at radius 2 is 1.69 bits per heavy atom. The molecule has 3 heteroatoms. The van der Waals surface area contributed by atoms with Gasteiger partial charge in [0.15, 0.2) is 0 Å². The van der Waals surface area contributed by atoms with Crippen LogP contribution in [-0.4, -0.2) is 0 Å². The largest absolute Gasteiger partial charge is 3.00 e. The molecule has 0 atom stereocenters. The normalized spacial score (nSPS) is 17.6. The van der Waals surface area contributed by atoms with Gasteiger partial charge in [-0.1, -0.05) is 51.4 Å². The van der Waals surface area contributed by atoms with Crippen LogP contribution in [0.15, 0.2) is 18.2 Å². The van der Waals surface area contributed by atoms with E-state index in [4.69, 9.17) is 0 Å². The van der Waals surface area contributed by atoms with Crippen molar-refractivity contribution in [3.8, 4) is 0 Å². The van der Waals surface area contributed by atoms with Gasteiger partial charge in [-0.05, 0) is 0 Å². The summed E-state index contributed by atoms with van der Waals surface area (Å²) < 4.78 is 0. The fourth-order valence-corrected chi connectivity index (χ4v) is 2.56. The SMILES string of the molecule is C[c-]1ccc(C2(C)CCCCC2)c1.[Cl-].[Cl-].[Zr+3]. The summed E-state index contributed by atoms with van der Waals surface area (Å²) >= 11 is 0. The van der Waals surface area contributed by atoms with Crippen molar-refractivity contribution in [2.24, 2.45) is 0 Å². The molecular weight excluding hydrogens is 318 g/mol. The topological polar surface area (TPSA) is 0 Å². The van der Waals surface area contributed by atoms with Gasteiger partial charge in [-0.2, -0.15) is 23.3 Å². The van der Waals surface area contributed by atoms with Crippen LogP contribution >= 0.6 is 0 Å². The van der Waals surface area contributed by atoms with Gasteiger partial charge >= 0.3 is 26.2 Å². The van der Waals surface area contributed by atoms with Crippen molar-refractivity contribution in [2.75, 3.05) is 0 Å². The third kappa shape index (κ3) is 4.24. The molecule has 0 aromatic heterocycles. The van der Waals surface area contributed by atoms with Gasteiger partial charge in [-0.25, -0.2) is 6.07 Å². The van der Waals surface area contributed by atoms with Crippen LogP contribution < -0.4 is 24.8 Å². The maximum absolute atomic E-state index is 2.43. The Morgan fingerprint density at radius 3 is 2.12 bits per heavy atom. The first-order valence-corrected chi connectivity index (χ1v) is 5.45. The average molecular weight is 337 g/mol. The quantitative estimate of drug-likeness (QED) is 0.517. The summed E-state index contributed by atoms with van der Waals surface area (Å²) in [7, 11) is 0. The first-order valence-electron chi connectivity index (χ1n) is 5.45. The van der Waals surface area contributed by atoms with Crippen molar-refractivity contribution < 1.29 is 51.0 Å². The molecular formula is C13H19Cl2Zr. The first kappa shape index (κ1) is 19.2. The minimum Gasteiger partial charge on any atom is -1.00 e.